The molecule has 2 rings (SSSR count). The van der Waals surface area contributed by atoms with Crippen molar-refractivity contribution >= 4 is 5.91 Å². The van der Waals surface area contributed by atoms with Gasteiger partial charge in [-0.15, -0.1) is 0 Å². The molecule has 0 aromatic rings. The Hall–Kier alpha value is -0.610. The van der Waals surface area contributed by atoms with E-state index in [1.165, 1.54) is 19.3 Å². The lowest BCUT2D eigenvalue weighted by Gasteiger charge is -2.36. The first kappa shape index (κ1) is 15.8. The summed E-state index contributed by atoms with van der Waals surface area (Å²) < 4.78 is 5.29. The molecule has 0 radical (unpaired) electrons. The zero-order valence-corrected chi connectivity index (χ0v) is 13.4. The van der Waals surface area contributed by atoms with Crippen LogP contribution in [0.4, 0.5) is 0 Å². The zero-order valence-electron chi connectivity index (χ0n) is 13.4. The van der Waals surface area contributed by atoms with Gasteiger partial charge < -0.3 is 9.64 Å². The number of ether oxygens (including phenoxy) is 1. The summed E-state index contributed by atoms with van der Waals surface area (Å²) in [6.07, 6.45) is 3.79. The molecule has 2 fully saturated rings. The number of nitrogens with zero attached hydrogens (tertiary/aromatic N) is 2. The number of piperidine rings is 1. The molecular formula is C16H30N2O2. The Morgan fingerprint density at radius 2 is 1.70 bits per heavy atom. The van der Waals surface area contributed by atoms with Crippen molar-refractivity contribution in [3.05, 3.63) is 0 Å². The average Bonchev–Trinajstić information content (AvgIpc) is 2.40. The number of amides is 1. The third-order valence-electron chi connectivity index (χ3n) is 4.33. The minimum absolute atomic E-state index is 0.280. The lowest BCUT2D eigenvalue weighted by atomic mass is 9.80. The number of hydrogen-bond donors (Lipinski definition) is 0. The zero-order chi connectivity index (χ0) is 14.6. The van der Waals surface area contributed by atoms with Gasteiger partial charge in [-0.1, -0.05) is 20.8 Å². The monoisotopic (exact) mass is 282 g/mol. The molecule has 0 spiro atoms. The maximum absolute atomic E-state index is 12.2. The first-order valence-corrected chi connectivity index (χ1v) is 8.02. The lowest BCUT2D eigenvalue weighted by Crippen LogP contribution is -2.47. The van der Waals surface area contributed by atoms with Gasteiger partial charge in [-0.3, -0.25) is 9.69 Å². The summed E-state index contributed by atoms with van der Waals surface area (Å²) in [4.78, 5) is 16.5. The number of morpholine rings is 1. The normalized spacial score (nSPS) is 23.1. The maximum Gasteiger partial charge on any atom is 0.236 e. The summed E-state index contributed by atoms with van der Waals surface area (Å²) in [7, 11) is 0. The smallest absolute Gasteiger partial charge is 0.236 e. The molecule has 4 heteroatoms. The minimum atomic E-state index is 0.280. The van der Waals surface area contributed by atoms with E-state index in [1.54, 1.807) is 0 Å². The van der Waals surface area contributed by atoms with Crippen molar-refractivity contribution in [1.29, 1.82) is 0 Å². The average molecular weight is 282 g/mol. The van der Waals surface area contributed by atoms with Crippen LogP contribution in [0, 0.1) is 11.3 Å². The van der Waals surface area contributed by atoms with Crippen molar-refractivity contribution in [2.75, 3.05) is 45.9 Å². The van der Waals surface area contributed by atoms with Crippen LogP contribution in [-0.2, 0) is 9.53 Å². The molecule has 0 aromatic heterocycles. The Morgan fingerprint density at radius 1 is 1.10 bits per heavy atom. The minimum Gasteiger partial charge on any atom is -0.378 e. The van der Waals surface area contributed by atoms with Crippen molar-refractivity contribution in [2.24, 2.45) is 11.3 Å². The number of rotatable bonds is 3. The van der Waals surface area contributed by atoms with Crippen molar-refractivity contribution in [2.45, 2.75) is 40.0 Å². The van der Waals surface area contributed by atoms with Crippen LogP contribution in [0.25, 0.3) is 0 Å². The lowest BCUT2D eigenvalue weighted by molar-refractivity contribution is -0.136. The van der Waals surface area contributed by atoms with Gasteiger partial charge in [-0.25, -0.2) is 0 Å². The molecule has 1 amide bonds. The van der Waals surface area contributed by atoms with E-state index in [9.17, 15) is 4.79 Å². The standard InChI is InChI=1S/C16H30N2O2/c1-16(2,3)12-14-4-6-17(7-5-14)13-15(19)18-8-10-20-11-9-18/h14H,4-13H2,1-3H3. The van der Waals surface area contributed by atoms with E-state index in [2.05, 4.69) is 25.7 Å². The third kappa shape index (κ3) is 5.06. The van der Waals surface area contributed by atoms with Gasteiger partial charge in [0, 0.05) is 13.1 Å². The van der Waals surface area contributed by atoms with Gasteiger partial charge in [-0.2, -0.15) is 0 Å². The number of carbonyl (C=O) groups is 1. The van der Waals surface area contributed by atoms with Crippen LogP contribution in [0.1, 0.15) is 40.0 Å². The summed E-state index contributed by atoms with van der Waals surface area (Å²) in [5, 5.41) is 0. The second kappa shape index (κ2) is 6.90. The first-order valence-electron chi connectivity index (χ1n) is 8.02. The van der Waals surface area contributed by atoms with Gasteiger partial charge in [0.05, 0.1) is 19.8 Å². The second-order valence-corrected chi connectivity index (χ2v) is 7.48. The summed E-state index contributed by atoms with van der Waals surface area (Å²) in [5.41, 5.74) is 0.427. The molecule has 2 aliphatic heterocycles. The van der Waals surface area contributed by atoms with Crippen LogP contribution in [0.15, 0.2) is 0 Å². The summed E-state index contributed by atoms with van der Waals surface area (Å²) in [6, 6.07) is 0. The van der Waals surface area contributed by atoms with Gasteiger partial charge in [0.25, 0.3) is 0 Å². The highest BCUT2D eigenvalue weighted by molar-refractivity contribution is 5.78. The Labute approximate surface area is 123 Å². The maximum atomic E-state index is 12.2. The van der Waals surface area contributed by atoms with E-state index >= 15 is 0 Å². The molecule has 0 bridgehead atoms. The number of hydrogen-bond acceptors (Lipinski definition) is 3. The summed E-state index contributed by atoms with van der Waals surface area (Å²) >= 11 is 0. The van der Waals surface area contributed by atoms with Crippen LogP contribution in [0.5, 0.6) is 0 Å². The Kier molecular flexibility index (Phi) is 5.44. The highest BCUT2D eigenvalue weighted by Gasteiger charge is 2.26. The molecule has 2 aliphatic rings. The molecule has 116 valence electrons. The molecule has 2 saturated heterocycles. The fraction of sp³-hybridized carbons (Fsp3) is 0.938. The van der Waals surface area contributed by atoms with Crippen molar-refractivity contribution in [3.63, 3.8) is 0 Å². The van der Waals surface area contributed by atoms with E-state index in [1.807, 2.05) is 4.90 Å². The van der Waals surface area contributed by atoms with E-state index in [0.29, 0.717) is 25.2 Å². The third-order valence-corrected chi connectivity index (χ3v) is 4.33. The molecular weight excluding hydrogens is 252 g/mol. The molecule has 0 atom stereocenters. The van der Waals surface area contributed by atoms with Crippen molar-refractivity contribution in [1.82, 2.24) is 9.80 Å². The van der Waals surface area contributed by atoms with Crippen LogP contribution in [0.3, 0.4) is 0 Å². The van der Waals surface area contributed by atoms with Crippen LogP contribution in [0.2, 0.25) is 0 Å². The summed E-state index contributed by atoms with van der Waals surface area (Å²) in [6.45, 7) is 12.6. The molecule has 0 aliphatic carbocycles. The predicted octanol–water partition coefficient (Wildman–Crippen LogP) is 1.99. The van der Waals surface area contributed by atoms with E-state index in [4.69, 9.17) is 4.74 Å². The molecule has 0 aromatic carbocycles. The van der Waals surface area contributed by atoms with E-state index < -0.39 is 0 Å². The Bertz CT molecular complexity index is 311. The molecule has 2 heterocycles. The van der Waals surface area contributed by atoms with Gasteiger partial charge in [0.1, 0.15) is 0 Å². The predicted molar refractivity (Wildman–Crippen MR) is 80.6 cm³/mol. The first-order chi connectivity index (χ1) is 9.44. The summed E-state index contributed by atoms with van der Waals surface area (Å²) in [5.74, 6) is 1.12. The number of likely N-dealkylation sites (tertiary alicyclic amines) is 1. The fourth-order valence-electron chi connectivity index (χ4n) is 3.32. The highest BCUT2D eigenvalue weighted by atomic mass is 16.5. The Balaban J connectivity index is 1.70. The largest absolute Gasteiger partial charge is 0.378 e. The van der Waals surface area contributed by atoms with Gasteiger partial charge in [0.2, 0.25) is 5.91 Å². The van der Waals surface area contributed by atoms with Crippen molar-refractivity contribution in [3.8, 4) is 0 Å². The van der Waals surface area contributed by atoms with Crippen molar-refractivity contribution < 1.29 is 9.53 Å². The van der Waals surface area contributed by atoms with Gasteiger partial charge >= 0.3 is 0 Å². The topological polar surface area (TPSA) is 32.8 Å². The van der Waals surface area contributed by atoms with Gasteiger partial charge in [0.15, 0.2) is 0 Å². The molecule has 4 nitrogen and oxygen atoms in total. The van der Waals surface area contributed by atoms with E-state index in [-0.39, 0.29) is 5.91 Å². The van der Waals surface area contributed by atoms with Crippen LogP contribution in [-0.4, -0.2) is 61.6 Å². The highest BCUT2D eigenvalue weighted by Crippen LogP contribution is 2.30. The molecule has 20 heavy (non-hydrogen) atoms. The van der Waals surface area contributed by atoms with E-state index in [0.717, 1.165) is 32.1 Å². The SMILES string of the molecule is CC(C)(C)CC1CCN(CC(=O)N2CCOCC2)CC1. The van der Waals surface area contributed by atoms with Gasteiger partial charge in [-0.05, 0) is 43.7 Å². The molecule has 0 N–H and O–H groups in total. The fourth-order valence-corrected chi connectivity index (χ4v) is 3.32. The van der Waals surface area contributed by atoms with Crippen LogP contribution >= 0.6 is 0 Å². The quantitative estimate of drug-likeness (QED) is 0.793. The van der Waals surface area contributed by atoms with Crippen LogP contribution < -0.4 is 0 Å². The second-order valence-electron chi connectivity index (χ2n) is 7.48. The number of carbonyl (C=O) groups excluding carboxylic acids is 1. The molecule has 0 saturated carbocycles. The molecule has 0 unspecified atom stereocenters. The Morgan fingerprint density at radius 3 is 2.25 bits per heavy atom.